The predicted octanol–water partition coefficient (Wildman–Crippen LogP) is 5.94. The van der Waals surface area contributed by atoms with Crippen LogP contribution in [0.1, 0.15) is 50.7 Å². The van der Waals surface area contributed by atoms with Crippen LogP contribution in [-0.4, -0.2) is 66.2 Å². The maximum Gasteiger partial charge on any atom is 0.227 e. The number of phenols is 1. The van der Waals surface area contributed by atoms with Crippen LogP contribution in [0.4, 0.5) is 0 Å². The Labute approximate surface area is 225 Å². The fraction of sp³-hybridized carbons (Fsp3) is 0.552. The van der Waals surface area contributed by atoms with E-state index in [0.717, 1.165) is 49.9 Å². The van der Waals surface area contributed by atoms with Gasteiger partial charge in [0.25, 0.3) is 0 Å². The average molecular weight is 534 g/mol. The van der Waals surface area contributed by atoms with Crippen molar-refractivity contribution in [1.82, 2.24) is 9.80 Å². The van der Waals surface area contributed by atoms with Gasteiger partial charge in [-0.3, -0.25) is 4.79 Å². The number of carbonyl (C=O) groups is 1. The highest BCUT2D eigenvalue weighted by Crippen LogP contribution is 2.54. The van der Waals surface area contributed by atoms with Crippen LogP contribution in [0.25, 0.3) is 0 Å². The van der Waals surface area contributed by atoms with Crippen molar-refractivity contribution in [2.24, 2.45) is 5.92 Å². The first-order valence-electron chi connectivity index (χ1n) is 12.9. The molecule has 1 aliphatic heterocycles. The number of aromatic hydroxyl groups is 1. The van der Waals surface area contributed by atoms with E-state index in [0.29, 0.717) is 22.5 Å². The Morgan fingerprint density at radius 3 is 2.64 bits per heavy atom. The van der Waals surface area contributed by atoms with Crippen LogP contribution in [0.3, 0.4) is 0 Å². The van der Waals surface area contributed by atoms with Crippen LogP contribution in [0.2, 0.25) is 10.0 Å². The fourth-order valence-electron chi connectivity index (χ4n) is 6.52. The number of likely N-dealkylation sites (N-methyl/N-ethyl adjacent to an activating group) is 1. The zero-order valence-electron chi connectivity index (χ0n) is 21.8. The molecule has 5 nitrogen and oxygen atoms in total. The highest BCUT2D eigenvalue weighted by molar-refractivity contribution is 6.42. The predicted molar refractivity (Wildman–Crippen MR) is 146 cm³/mol. The van der Waals surface area contributed by atoms with Crippen molar-refractivity contribution in [2.45, 2.75) is 63.0 Å². The molecule has 1 saturated heterocycles. The minimum Gasteiger partial charge on any atom is -0.508 e. The van der Waals surface area contributed by atoms with Gasteiger partial charge in [-0.05, 0) is 80.6 Å². The van der Waals surface area contributed by atoms with Crippen LogP contribution in [-0.2, 0) is 21.4 Å². The molecule has 2 aromatic rings. The molecule has 3 atom stereocenters. The van der Waals surface area contributed by atoms with E-state index in [9.17, 15) is 9.90 Å². The van der Waals surface area contributed by atoms with Crippen molar-refractivity contribution in [1.29, 1.82) is 0 Å². The molecule has 36 heavy (non-hydrogen) atoms. The van der Waals surface area contributed by atoms with E-state index in [1.54, 1.807) is 18.2 Å². The number of likely N-dealkylation sites (tertiary alicyclic amines) is 1. The Kier molecular flexibility index (Phi) is 8.25. The van der Waals surface area contributed by atoms with Gasteiger partial charge in [0, 0.05) is 31.7 Å². The number of halogens is 2. The molecule has 3 unspecified atom stereocenters. The van der Waals surface area contributed by atoms with Gasteiger partial charge in [0.1, 0.15) is 5.75 Å². The Morgan fingerprint density at radius 1 is 1.19 bits per heavy atom. The molecule has 0 aromatic heterocycles. The van der Waals surface area contributed by atoms with Gasteiger partial charge in [0.2, 0.25) is 5.91 Å². The molecule has 7 heteroatoms. The van der Waals surface area contributed by atoms with Crippen molar-refractivity contribution in [3.63, 3.8) is 0 Å². The van der Waals surface area contributed by atoms with Gasteiger partial charge in [-0.1, -0.05) is 55.2 Å². The number of ether oxygens (including phenoxy) is 1. The number of rotatable bonds is 7. The number of fused-ring (bicyclic) bond motifs is 1. The lowest BCUT2D eigenvalue weighted by Gasteiger charge is -2.60. The van der Waals surface area contributed by atoms with Crippen LogP contribution in [0.15, 0.2) is 42.5 Å². The maximum atomic E-state index is 13.8. The number of nitrogens with zero attached hydrogens (tertiary/aromatic N) is 2. The highest BCUT2D eigenvalue weighted by atomic mass is 35.5. The van der Waals surface area contributed by atoms with E-state index in [1.807, 2.05) is 25.3 Å². The normalized spacial score (nSPS) is 26.6. The summed E-state index contributed by atoms with van der Waals surface area (Å²) in [6.07, 6.45) is 3.73. The molecule has 1 amide bonds. The minimum absolute atomic E-state index is 0.0803. The fourth-order valence-corrected chi connectivity index (χ4v) is 6.84. The van der Waals surface area contributed by atoms with Gasteiger partial charge in [0.05, 0.1) is 22.1 Å². The standard InChI is InChI=1S/C29H38Cl2N2O3/c1-20(2)18-33(27(35)15-21-8-9-25(30)26(31)14-21)23-10-11-29(36-4)19-32(3)13-12-28(29,17-23)22-6-5-7-24(34)16-22/h5-9,14,16,20,23,34H,10-13,15,17-19H2,1-4H3. The Morgan fingerprint density at radius 2 is 1.97 bits per heavy atom. The molecule has 1 saturated carbocycles. The largest absolute Gasteiger partial charge is 0.508 e. The topological polar surface area (TPSA) is 53.0 Å². The molecule has 1 N–H and O–H groups in total. The molecule has 2 aromatic carbocycles. The minimum atomic E-state index is -0.374. The van der Waals surface area contributed by atoms with E-state index in [2.05, 4.69) is 36.8 Å². The average Bonchev–Trinajstić information content (AvgIpc) is 2.84. The van der Waals surface area contributed by atoms with Crippen LogP contribution < -0.4 is 0 Å². The van der Waals surface area contributed by atoms with Crippen molar-refractivity contribution in [3.05, 3.63) is 63.6 Å². The lowest BCUT2D eigenvalue weighted by Crippen LogP contribution is -2.67. The SMILES string of the molecule is COC12CCC(N(CC(C)C)C(=O)Cc3ccc(Cl)c(Cl)c3)CC1(c1cccc(O)c1)CCN(C)C2. The molecule has 1 heterocycles. The quantitative estimate of drug-likeness (QED) is 0.479. The Bertz CT molecular complexity index is 1090. The third-order valence-electron chi connectivity index (χ3n) is 8.24. The zero-order valence-corrected chi connectivity index (χ0v) is 23.3. The lowest BCUT2D eigenvalue weighted by molar-refractivity contribution is -0.159. The first-order valence-corrected chi connectivity index (χ1v) is 13.6. The summed E-state index contributed by atoms with van der Waals surface area (Å²) in [5.74, 6) is 0.713. The number of benzene rings is 2. The molecular formula is C29H38Cl2N2O3. The zero-order chi connectivity index (χ0) is 26.1. The summed E-state index contributed by atoms with van der Waals surface area (Å²) in [6.45, 7) is 6.77. The monoisotopic (exact) mass is 532 g/mol. The summed E-state index contributed by atoms with van der Waals surface area (Å²) < 4.78 is 6.39. The number of hydrogen-bond donors (Lipinski definition) is 1. The van der Waals surface area contributed by atoms with E-state index < -0.39 is 0 Å². The third-order valence-corrected chi connectivity index (χ3v) is 8.97. The number of piperidine rings is 1. The molecule has 2 fully saturated rings. The van der Waals surface area contributed by atoms with Gasteiger partial charge in [-0.2, -0.15) is 0 Å². The highest BCUT2D eigenvalue weighted by Gasteiger charge is 2.59. The van der Waals surface area contributed by atoms with E-state index in [4.69, 9.17) is 27.9 Å². The van der Waals surface area contributed by atoms with Crippen molar-refractivity contribution in [2.75, 3.05) is 33.8 Å². The van der Waals surface area contributed by atoms with Gasteiger partial charge >= 0.3 is 0 Å². The summed E-state index contributed by atoms with van der Waals surface area (Å²) in [5, 5.41) is 11.3. The number of carbonyl (C=O) groups excluding carboxylic acids is 1. The molecule has 1 aliphatic carbocycles. The number of amides is 1. The Balaban J connectivity index is 1.69. The first kappa shape index (κ1) is 27.3. The van der Waals surface area contributed by atoms with Gasteiger partial charge < -0.3 is 19.6 Å². The van der Waals surface area contributed by atoms with Gasteiger partial charge in [0.15, 0.2) is 0 Å². The van der Waals surface area contributed by atoms with E-state index in [-0.39, 0.29) is 35.1 Å². The summed E-state index contributed by atoms with van der Waals surface area (Å²) >= 11 is 12.3. The van der Waals surface area contributed by atoms with Crippen LogP contribution >= 0.6 is 23.2 Å². The molecule has 0 spiro atoms. The van der Waals surface area contributed by atoms with E-state index in [1.165, 1.54) is 0 Å². The maximum absolute atomic E-state index is 13.8. The van der Waals surface area contributed by atoms with Gasteiger partial charge in [-0.25, -0.2) is 0 Å². The summed E-state index contributed by atoms with van der Waals surface area (Å²) in [7, 11) is 3.96. The van der Waals surface area contributed by atoms with Crippen molar-refractivity contribution in [3.8, 4) is 5.75 Å². The molecule has 4 rings (SSSR count). The lowest BCUT2D eigenvalue weighted by atomic mass is 9.55. The van der Waals surface area contributed by atoms with Crippen molar-refractivity contribution < 1.29 is 14.6 Å². The second-order valence-electron chi connectivity index (χ2n) is 11.1. The second kappa shape index (κ2) is 10.9. The smallest absolute Gasteiger partial charge is 0.227 e. The second-order valence-corrected chi connectivity index (χ2v) is 11.9. The van der Waals surface area contributed by atoms with Crippen LogP contribution in [0, 0.1) is 5.92 Å². The van der Waals surface area contributed by atoms with E-state index >= 15 is 0 Å². The summed E-state index contributed by atoms with van der Waals surface area (Å²) in [6, 6.07) is 13.1. The number of phenolic OH excluding ortho intramolecular Hbond substituents is 1. The third kappa shape index (κ3) is 5.26. The number of hydrogen-bond acceptors (Lipinski definition) is 4. The summed E-state index contributed by atoms with van der Waals surface area (Å²) in [4.78, 5) is 18.2. The van der Waals surface area contributed by atoms with Crippen molar-refractivity contribution >= 4 is 29.1 Å². The van der Waals surface area contributed by atoms with Crippen LogP contribution in [0.5, 0.6) is 5.75 Å². The molecule has 0 radical (unpaired) electrons. The molecular weight excluding hydrogens is 495 g/mol. The number of methoxy groups -OCH3 is 1. The molecule has 196 valence electrons. The Hall–Kier alpha value is -1.79. The summed E-state index contributed by atoms with van der Waals surface area (Å²) in [5.41, 5.74) is 1.30. The molecule has 0 bridgehead atoms. The van der Waals surface area contributed by atoms with Gasteiger partial charge in [-0.15, -0.1) is 0 Å². The first-order chi connectivity index (χ1) is 17.1. The molecule has 2 aliphatic rings.